The number of amides is 1. The highest BCUT2D eigenvalue weighted by Crippen LogP contribution is 2.34. The van der Waals surface area contributed by atoms with Gasteiger partial charge >= 0.3 is 10.1 Å². The summed E-state index contributed by atoms with van der Waals surface area (Å²) < 4.78 is 31.9. The Balaban J connectivity index is 1.78. The van der Waals surface area contributed by atoms with Gasteiger partial charge in [-0.1, -0.05) is 37.0 Å². The van der Waals surface area contributed by atoms with E-state index in [4.69, 9.17) is 4.18 Å². The fourth-order valence-corrected chi connectivity index (χ4v) is 5.11. The second-order valence-corrected chi connectivity index (χ2v) is 9.94. The molecule has 1 saturated carbocycles. The molecule has 2 heterocycles. The van der Waals surface area contributed by atoms with Crippen molar-refractivity contribution in [1.29, 1.82) is 0 Å². The van der Waals surface area contributed by atoms with Gasteiger partial charge in [0.2, 0.25) is 5.75 Å². The van der Waals surface area contributed by atoms with Gasteiger partial charge in [0.1, 0.15) is 15.0 Å². The van der Waals surface area contributed by atoms with Crippen LogP contribution in [0.1, 0.15) is 48.2 Å². The lowest BCUT2D eigenvalue weighted by molar-refractivity contribution is 0.0921. The van der Waals surface area contributed by atoms with E-state index in [1.165, 1.54) is 18.3 Å². The molecule has 0 spiro atoms. The number of aryl methyl sites for hydroxylation is 1. The number of carbonyl (C=O) groups is 1. The van der Waals surface area contributed by atoms with Crippen LogP contribution in [0.2, 0.25) is 0 Å². The fourth-order valence-electron chi connectivity index (χ4n) is 3.67. The fraction of sp³-hybridized carbons (Fsp3) is 0.318. The highest BCUT2D eigenvalue weighted by Gasteiger charge is 2.28. The molecule has 1 aliphatic rings. The number of aromatic nitrogens is 2. The Hall–Kier alpha value is -2.52. The van der Waals surface area contributed by atoms with E-state index in [-0.39, 0.29) is 27.9 Å². The maximum atomic E-state index is 13.1. The zero-order valence-electron chi connectivity index (χ0n) is 17.0. The number of nitrogens with zero attached hydrogens (tertiary/aromatic N) is 2. The van der Waals surface area contributed by atoms with Gasteiger partial charge in [-0.25, -0.2) is 4.98 Å². The highest BCUT2D eigenvalue weighted by molar-refractivity contribution is 9.10. The molecule has 1 fully saturated rings. The van der Waals surface area contributed by atoms with Gasteiger partial charge in [0.15, 0.2) is 5.69 Å². The highest BCUT2D eigenvalue weighted by atomic mass is 79.9. The van der Waals surface area contributed by atoms with Gasteiger partial charge in [-0.3, -0.25) is 9.78 Å². The van der Waals surface area contributed by atoms with Crippen molar-refractivity contribution in [2.45, 2.75) is 50.0 Å². The van der Waals surface area contributed by atoms with Gasteiger partial charge < -0.3 is 9.50 Å². The van der Waals surface area contributed by atoms with Gasteiger partial charge in [0, 0.05) is 17.6 Å². The minimum absolute atomic E-state index is 0.0104. The van der Waals surface area contributed by atoms with E-state index in [1.54, 1.807) is 24.3 Å². The normalized spacial score (nSPS) is 15.0. The third-order valence-electron chi connectivity index (χ3n) is 5.33. The van der Waals surface area contributed by atoms with Gasteiger partial charge in [0.05, 0.1) is 0 Å². The first-order valence-electron chi connectivity index (χ1n) is 10.1. The van der Waals surface area contributed by atoms with E-state index in [0.717, 1.165) is 37.7 Å². The van der Waals surface area contributed by atoms with Crippen molar-refractivity contribution in [2.24, 2.45) is 0 Å². The average molecular weight is 504 g/mol. The number of carbonyl (C=O) groups excluding carboxylic acids is 1. The zero-order chi connectivity index (χ0) is 22.0. The molecule has 4 rings (SSSR count). The van der Waals surface area contributed by atoms with Gasteiger partial charge in [-0.15, -0.1) is 0 Å². The lowest BCUT2D eigenvalue weighted by atomic mass is 9.95. The summed E-state index contributed by atoms with van der Waals surface area (Å²) in [5.41, 5.74) is 1.05. The summed E-state index contributed by atoms with van der Waals surface area (Å²) in [7, 11) is -4.20. The molecule has 1 N–H and O–H groups in total. The minimum atomic E-state index is -4.20. The molecule has 2 aromatic heterocycles. The maximum Gasteiger partial charge on any atom is 0.339 e. The molecule has 3 aromatic rings. The molecule has 1 aromatic carbocycles. The van der Waals surface area contributed by atoms with Crippen molar-refractivity contribution in [3.8, 4) is 5.75 Å². The molecule has 1 amide bonds. The third-order valence-corrected chi connectivity index (χ3v) is 7.17. The molecule has 0 aliphatic heterocycles. The summed E-state index contributed by atoms with van der Waals surface area (Å²) in [6, 6.07) is 9.76. The largest absolute Gasteiger partial charge is 0.374 e. The Morgan fingerprint density at radius 3 is 2.55 bits per heavy atom. The second kappa shape index (κ2) is 8.92. The van der Waals surface area contributed by atoms with Gasteiger partial charge in [-0.05, 0) is 60.0 Å². The van der Waals surface area contributed by atoms with Crippen LogP contribution >= 0.6 is 15.9 Å². The Bertz CT molecular complexity index is 1220. The Morgan fingerprint density at radius 2 is 1.84 bits per heavy atom. The summed E-state index contributed by atoms with van der Waals surface area (Å²) in [6.07, 6.45) is 6.54. The number of fused-ring (bicyclic) bond motifs is 1. The molecule has 31 heavy (non-hydrogen) atoms. The van der Waals surface area contributed by atoms with Gasteiger partial charge in [0.25, 0.3) is 5.91 Å². The van der Waals surface area contributed by atoms with E-state index in [2.05, 4.69) is 31.2 Å². The summed E-state index contributed by atoms with van der Waals surface area (Å²) in [5.74, 6) is -0.651. The molecule has 0 bridgehead atoms. The van der Waals surface area contributed by atoms with Crippen LogP contribution in [0.5, 0.6) is 5.75 Å². The number of hydrogen-bond donors (Lipinski definition) is 1. The molecule has 0 saturated heterocycles. The number of rotatable bonds is 5. The first-order chi connectivity index (χ1) is 14.8. The minimum Gasteiger partial charge on any atom is -0.374 e. The SMILES string of the molecule is Cc1ccc(S(=O)(=O)Oc2c(C(=O)NC3CCCCC3)nc(Br)c3cccnc23)cc1. The maximum absolute atomic E-state index is 13.1. The lowest BCUT2D eigenvalue weighted by Gasteiger charge is -2.23. The van der Waals surface area contributed by atoms with Crippen molar-refractivity contribution < 1.29 is 17.4 Å². The molecule has 0 radical (unpaired) electrons. The molecule has 9 heteroatoms. The first-order valence-corrected chi connectivity index (χ1v) is 12.3. The Morgan fingerprint density at radius 1 is 1.13 bits per heavy atom. The van der Waals surface area contributed by atoms with Crippen LogP contribution in [0.4, 0.5) is 0 Å². The topological polar surface area (TPSA) is 98.2 Å². The summed E-state index contributed by atoms with van der Waals surface area (Å²) >= 11 is 3.37. The van der Waals surface area contributed by atoms with E-state index < -0.39 is 16.0 Å². The first kappa shape index (κ1) is 21.7. The standard InChI is InChI=1S/C22H22BrN3O4S/c1-14-9-11-16(12-10-14)31(28,29)30-20-18-17(8-5-13-24-18)21(23)26-19(20)22(27)25-15-6-3-2-4-7-15/h5,8-13,15H,2-4,6-7H2,1H3,(H,25,27). The van der Waals surface area contributed by atoms with Crippen molar-refractivity contribution in [2.75, 3.05) is 0 Å². The van der Waals surface area contributed by atoms with Crippen molar-refractivity contribution in [3.63, 3.8) is 0 Å². The summed E-state index contributed by atoms with van der Waals surface area (Å²) in [4.78, 5) is 21.7. The molecule has 162 valence electrons. The van der Waals surface area contributed by atoms with Crippen LogP contribution in [0.3, 0.4) is 0 Å². The van der Waals surface area contributed by atoms with Crippen LogP contribution in [0.15, 0.2) is 52.1 Å². The van der Waals surface area contributed by atoms with Crippen LogP contribution in [0, 0.1) is 6.92 Å². The smallest absolute Gasteiger partial charge is 0.339 e. The van der Waals surface area contributed by atoms with E-state index >= 15 is 0 Å². The molecule has 7 nitrogen and oxygen atoms in total. The van der Waals surface area contributed by atoms with Crippen LogP contribution in [0.25, 0.3) is 10.9 Å². The quantitative estimate of drug-likeness (QED) is 0.405. The zero-order valence-corrected chi connectivity index (χ0v) is 19.4. The molecular weight excluding hydrogens is 482 g/mol. The number of halogens is 1. The Kier molecular flexibility index (Phi) is 6.24. The number of benzene rings is 1. The van der Waals surface area contributed by atoms with Crippen LogP contribution in [-0.2, 0) is 10.1 Å². The van der Waals surface area contributed by atoms with E-state index in [1.807, 2.05) is 6.92 Å². The molecule has 0 unspecified atom stereocenters. The van der Waals surface area contributed by atoms with Crippen molar-refractivity contribution in [3.05, 3.63) is 58.5 Å². The van der Waals surface area contributed by atoms with Crippen molar-refractivity contribution >= 4 is 42.9 Å². The van der Waals surface area contributed by atoms with Crippen molar-refractivity contribution in [1.82, 2.24) is 15.3 Å². The number of nitrogens with one attached hydrogen (secondary N) is 1. The second-order valence-electron chi connectivity index (χ2n) is 7.64. The predicted molar refractivity (Wildman–Crippen MR) is 121 cm³/mol. The third kappa shape index (κ3) is 4.72. The average Bonchev–Trinajstić information content (AvgIpc) is 2.76. The van der Waals surface area contributed by atoms with Crippen LogP contribution < -0.4 is 9.50 Å². The van der Waals surface area contributed by atoms with Crippen LogP contribution in [-0.4, -0.2) is 30.3 Å². The Labute approximate surface area is 189 Å². The summed E-state index contributed by atoms with van der Waals surface area (Å²) in [5, 5.41) is 3.52. The molecule has 1 aliphatic carbocycles. The number of pyridine rings is 2. The molecular formula is C22H22BrN3O4S. The summed E-state index contributed by atoms with van der Waals surface area (Å²) in [6.45, 7) is 1.86. The van der Waals surface area contributed by atoms with E-state index in [9.17, 15) is 13.2 Å². The number of hydrogen-bond acceptors (Lipinski definition) is 6. The molecule has 0 atom stereocenters. The monoisotopic (exact) mass is 503 g/mol. The van der Waals surface area contributed by atoms with E-state index in [0.29, 0.717) is 9.99 Å². The van der Waals surface area contributed by atoms with Gasteiger partial charge in [-0.2, -0.15) is 8.42 Å². The predicted octanol–water partition coefficient (Wildman–Crippen LogP) is 4.53. The lowest BCUT2D eigenvalue weighted by Crippen LogP contribution is -2.37.